The van der Waals surface area contributed by atoms with Crippen LogP contribution in [0.2, 0.25) is 0 Å². The first-order valence-corrected chi connectivity index (χ1v) is 19.3. The van der Waals surface area contributed by atoms with Crippen molar-refractivity contribution in [1.82, 2.24) is 4.57 Å². The van der Waals surface area contributed by atoms with Gasteiger partial charge in [-0.25, -0.2) is 0 Å². The number of nitrogens with zero attached hydrogens (tertiary/aromatic N) is 3. The summed E-state index contributed by atoms with van der Waals surface area (Å²) in [6.07, 6.45) is 0. The van der Waals surface area contributed by atoms with Crippen molar-refractivity contribution in [3.05, 3.63) is 200 Å². The Morgan fingerprint density at radius 2 is 1.00 bits per heavy atom. The van der Waals surface area contributed by atoms with E-state index in [1.165, 1.54) is 32.6 Å². The molecule has 0 atom stereocenters. The van der Waals surface area contributed by atoms with Gasteiger partial charge in [0.15, 0.2) is 23.0 Å². The maximum absolute atomic E-state index is 6.46. The van der Waals surface area contributed by atoms with Crippen molar-refractivity contribution in [3.8, 4) is 39.8 Å². The van der Waals surface area contributed by atoms with E-state index < -0.39 is 0 Å². The molecule has 0 bridgehead atoms. The minimum absolute atomic E-state index is 0.781. The normalized spacial score (nSPS) is 12.5. The number of fused-ring (bicyclic) bond motifs is 8. The van der Waals surface area contributed by atoms with Gasteiger partial charge in [-0.3, -0.25) is 4.90 Å². The minimum atomic E-state index is 0.781. The standard InChI is InChI=1S/C52H33N3O2/c1-2-13-38(14-3-1)54-44-16-7-6-15-42(44)43-33-41(28-29-45(43)54)53(40-27-23-34-11-4-5-12-36(34)31-40)39-25-21-35(22-26-39)37-24-30-49-47(32-37)55-46-17-8-9-18-48(46)56-50-19-10-20-51(57-49)52(50)55/h1-33H. The van der Waals surface area contributed by atoms with Gasteiger partial charge < -0.3 is 18.9 Å². The molecule has 9 aromatic carbocycles. The highest BCUT2D eigenvalue weighted by Gasteiger charge is 2.34. The second-order valence-corrected chi connectivity index (χ2v) is 14.6. The van der Waals surface area contributed by atoms with Crippen molar-refractivity contribution in [2.75, 3.05) is 9.80 Å². The summed E-state index contributed by atoms with van der Waals surface area (Å²) in [5.41, 5.74) is 11.9. The summed E-state index contributed by atoms with van der Waals surface area (Å²) in [6, 6.07) is 71.0. The fourth-order valence-corrected chi connectivity index (χ4v) is 8.70. The molecule has 0 fully saturated rings. The number of ether oxygens (including phenoxy) is 2. The first kappa shape index (κ1) is 31.6. The lowest BCUT2D eigenvalue weighted by Crippen LogP contribution is -2.20. The zero-order chi connectivity index (χ0) is 37.5. The molecule has 57 heavy (non-hydrogen) atoms. The molecule has 5 nitrogen and oxygen atoms in total. The third-order valence-corrected chi connectivity index (χ3v) is 11.3. The summed E-state index contributed by atoms with van der Waals surface area (Å²) in [6.45, 7) is 0. The Kier molecular flexibility index (Phi) is 6.86. The van der Waals surface area contributed by atoms with Crippen molar-refractivity contribution in [3.63, 3.8) is 0 Å². The lowest BCUT2D eigenvalue weighted by atomic mass is 10.0. The minimum Gasteiger partial charge on any atom is -0.453 e. The number of anilines is 6. The van der Waals surface area contributed by atoms with Crippen molar-refractivity contribution in [2.45, 2.75) is 0 Å². The number of hydrogen-bond donors (Lipinski definition) is 0. The maximum atomic E-state index is 6.46. The number of para-hydroxylation sites is 5. The zero-order valence-electron chi connectivity index (χ0n) is 30.7. The number of benzene rings is 9. The molecule has 0 saturated carbocycles. The molecule has 2 aliphatic heterocycles. The average Bonchev–Trinajstić information content (AvgIpc) is 3.60. The quantitative estimate of drug-likeness (QED) is 0.176. The lowest BCUT2D eigenvalue weighted by molar-refractivity contribution is 0.446. The van der Waals surface area contributed by atoms with Crippen molar-refractivity contribution >= 4 is 66.7 Å². The second kappa shape index (κ2) is 12.4. The SMILES string of the molecule is c1ccc(-n2c3ccccc3c3cc(N(c4ccc(-c5ccc6c(c5)N5c7ccccc7Oc7cccc(c75)O6)cc4)c4ccc5ccccc5c4)ccc32)cc1. The van der Waals surface area contributed by atoms with Crippen LogP contribution in [0.25, 0.3) is 49.4 Å². The topological polar surface area (TPSA) is 29.9 Å². The maximum Gasteiger partial charge on any atom is 0.155 e. The first-order valence-electron chi connectivity index (χ1n) is 19.3. The largest absolute Gasteiger partial charge is 0.453 e. The molecular weight excluding hydrogens is 699 g/mol. The summed E-state index contributed by atoms with van der Waals surface area (Å²) in [5, 5.41) is 4.84. The Morgan fingerprint density at radius 1 is 0.368 bits per heavy atom. The molecular formula is C52H33N3O2. The summed E-state index contributed by atoms with van der Waals surface area (Å²) in [4.78, 5) is 4.64. The zero-order valence-corrected chi connectivity index (χ0v) is 30.7. The molecule has 2 aliphatic rings. The molecule has 0 aliphatic carbocycles. The molecule has 0 amide bonds. The van der Waals surface area contributed by atoms with E-state index in [2.05, 4.69) is 178 Å². The van der Waals surface area contributed by atoms with Crippen LogP contribution in [-0.2, 0) is 0 Å². The Hall–Kier alpha value is -7.76. The van der Waals surface area contributed by atoms with Gasteiger partial charge in [0, 0.05) is 33.5 Å². The number of aromatic nitrogens is 1. The van der Waals surface area contributed by atoms with E-state index in [0.29, 0.717) is 0 Å². The van der Waals surface area contributed by atoms with E-state index in [4.69, 9.17) is 9.47 Å². The van der Waals surface area contributed by atoms with Gasteiger partial charge in [0.25, 0.3) is 0 Å². The highest BCUT2D eigenvalue weighted by Crippen LogP contribution is 2.59. The van der Waals surface area contributed by atoms with Gasteiger partial charge >= 0.3 is 0 Å². The van der Waals surface area contributed by atoms with E-state index in [1.807, 2.05) is 36.4 Å². The molecule has 12 rings (SSSR count). The predicted molar refractivity (Wildman–Crippen MR) is 233 cm³/mol. The molecule has 268 valence electrons. The third-order valence-electron chi connectivity index (χ3n) is 11.3. The van der Waals surface area contributed by atoms with Crippen molar-refractivity contribution in [2.24, 2.45) is 0 Å². The van der Waals surface area contributed by atoms with Gasteiger partial charge in [-0.15, -0.1) is 0 Å². The fraction of sp³-hybridized carbons (Fsp3) is 0. The van der Waals surface area contributed by atoms with E-state index in [-0.39, 0.29) is 0 Å². The van der Waals surface area contributed by atoms with Gasteiger partial charge in [0.1, 0.15) is 5.69 Å². The van der Waals surface area contributed by atoms with Crippen molar-refractivity contribution in [1.29, 1.82) is 0 Å². The van der Waals surface area contributed by atoms with E-state index in [9.17, 15) is 0 Å². The Balaban J connectivity index is 0.983. The van der Waals surface area contributed by atoms with Crippen LogP contribution in [0, 0.1) is 0 Å². The molecule has 1 aromatic heterocycles. The Morgan fingerprint density at radius 3 is 1.86 bits per heavy atom. The summed E-state index contributed by atoms with van der Waals surface area (Å²) in [7, 11) is 0. The number of rotatable bonds is 5. The molecule has 3 heterocycles. The van der Waals surface area contributed by atoms with Crippen LogP contribution in [0.1, 0.15) is 0 Å². The average molecular weight is 732 g/mol. The van der Waals surface area contributed by atoms with Crippen LogP contribution < -0.4 is 19.3 Å². The van der Waals surface area contributed by atoms with Crippen LogP contribution in [0.5, 0.6) is 23.0 Å². The smallest absolute Gasteiger partial charge is 0.155 e. The molecule has 0 radical (unpaired) electrons. The van der Waals surface area contributed by atoms with E-state index in [0.717, 1.165) is 73.9 Å². The van der Waals surface area contributed by atoms with Crippen molar-refractivity contribution < 1.29 is 9.47 Å². The van der Waals surface area contributed by atoms with Gasteiger partial charge in [-0.2, -0.15) is 0 Å². The predicted octanol–water partition coefficient (Wildman–Crippen LogP) is 14.8. The fourth-order valence-electron chi connectivity index (χ4n) is 8.70. The Labute approximate surface area is 329 Å². The highest BCUT2D eigenvalue weighted by molar-refractivity contribution is 6.11. The van der Waals surface area contributed by atoms with Gasteiger partial charge in [0.05, 0.1) is 22.4 Å². The monoisotopic (exact) mass is 731 g/mol. The molecule has 10 aromatic rings. The van der Waals surface area contributed by atoms with Crippen LogP contribution in [0.4, 0.5) is 34.1 Å². The lowest BCUT2D eigenvalue weighted by Gasteiger charge is -2.37. The first-order chi connectivity index (χ1) is 28.2. The van der Waals surface area contributed by atoms with E-state index in [1.54, 1.807) is 0 Å². The summed E-state index contributed by atoms with van der Waals surface area (Å²) in [5.74, 6) is 3.19. The van der Waals surface area contributed by atoms with Crippen LogP contribution in [0.3, 0.4) is 0 Å². The van der Waals surface area contributed by atoms with Gasteiger partial charge in [-0.05, 0) is 119 Å². The van der Waals surface area contributed by atoms with Gasteiger partial charge in [-0.1, -0.05) is 103 Å². The van der Waals surface area contributed by atoms with E-state index >= 15 is 0 Å². The molecule has 0 spiro atoms. The number of hydrogen-bond acceptors (Lipinski definition) is 4. The third kappa shape index (κ3) is 4.96. The Bertz CT molecular complexity index is 3190. The molecule has 0 N–H and O–H groups in total. The molecule has 5 heteroatoms. The molecule has 0 unspecified atom stereocenters. The van der Waals surface area contributed by atoms with Crippen LogP contribution >= 0.6 is 0 Å². The van der Waals surface area contributed by atoms with Crippen LogP contribution in [0.15, 0.2) is 200 Å². The summed E-state index contributed by atoms with van der Waals surface area (Å²) >= 11 is 0. The highest BCUT2D eigenvalue weighted by atomic mass is 16.5. The second-order valence-electron chi connectivity index (χ2n) is 14.6. The van der Waals surface area contributed by atoms with Crippen LogP contribution in [-0.4, -0.2) is 4.57 Å². The molecule has 0 saturated heterocycles. The van der Waals surface area contributed by atoms with Gasteiger partial charge in [0.2, 0.25) is 0 Å². The summed E-state index contributed by atoms with van der Waals surface area (Å²) < 4.78 is 15.2.